The molecule has 3 N–H and O–H groups in total. The van der Waals surface area contributed by atoms with Gasteiger partial charge in [0.1, 0.15) is 18.0 Å². The topological polar surface area (TPSA) is 108 Å². The van der Waals surface area contributed by atoms with Crippen LogP contribution in [0.3, 0.4) is 0 Å². The van der Waals surface area contributed by atoms with E-state index in [1.54, 1.807) is 0 Å². The lowest BCUT2D eigenvalue weighted by Gasteiger charge is -2.10. The zero-order valence-corrected chi connectivity index (χ0v) is 15.7. The van der Waals surface area contributed by atoms with Crippen molar-refractivity contribution in [3.8, 4) is 0 Å². The van der Waals surface area contributed by atoms with Crippen LogP contribution in [-0.4, -0.2) is 47.5 Å². The largest absolute Gasteiger partial charge is 0.460 e. The summed E-state index contributed by atoms with van der Waals surface area (Å²) in [4.78, 5) is 20.0. The van der Waals surface area contributed by atoms with Crippen LogP contribution in [0.15, 0.2) is 36.8 Å². The quantitative estimate of drug-likeness (QED) is 0.272. The van der Waals surface area contributed by atoms with Crippen LogP contribution in [0.1, 0.15) is 22.5 Å². The van der Waals surface area contributed by atoms with E-state index in [2.05, 4.69) is 9.97 Å². The van der Waals surface area contributed by atoms with Crippen LogP contribution in [0, 0.1) is 5.82 Å². The van der Waals surface area contributed by atoms with Crippen LogP contribution in [-0.2, 0) is 26.9 Å². The highest BCUT2D eigenvalue weighted by molar-refractivity contribution is 6.15. The van der Waals surface area contributed by atoms with Crippen molar-refractivity contribution in [2.75, 3.05) is 26.4 Å². The molecule has 30 heavy (non-hydrogen) atoms. The summed E-state index contributed by atoms with van der Waals surface area (Å²) in [5, 5.41) is 8.58. The van der Waals surface area contributed by atoms with E-state index >= 15 is 0 Å². The first-order valence-corrected chi connectivity index (χ1v) is 8.70. The predicted molar refractivity (Wildman–Crippen MR) is 97.3 cm³/mol. The second-order valence-corrected chi connectivity index (χ2v) is 5.96. The number of nitrogens with two attached hydrogens (primary N) is 1. The summed E-state index contributed by atoms with van der Waals surface area (Å²) in [6.07, 6.45) is -1.16. The molecule has 0 amide bonds. The van der Waals surface area contributed by atoms with Gasteiger partial charge in [-0.2, -0.15) is 13.2 Å². The molecule has 0 aliphatic heterocycles. The van der Waals surface area contributed by atoms with Crippen LogP contribution in [0.4, 0.5) is 17.6 Å². The molecule has 0 aliphatic rings. The summed E-state index contributed by atoms with van der Waals surface area (Å²) >= 11 is 0. The predicted octanol–water partition coefficient (Wildman–Crippen LogP) is 2.08. The highest BCUT2D eigenvalue weighted by atomic mass is 19.4. The minimum Gasteiger partial charge on any atom is -0.460 e. The van der Waals surface area contributed by atoms with Crippen LogP contribution in [0.25, 0.3) is 5.57 Å². The van der Waals surface area contributed by atoms with Crippen molar-refractivity contribution in [2.24, 2.45) is 5.73 Å². The number of aliphatic hydroxyl groups is 1. The Kier molecular flexibility index (Phi) is 8.25. The minimum absolute atomic E-state index is 0.0257. The molecule has 1 aromatic heterocycles. The van der Waals surface area contributed by atoms with Crippen molar-refractivity contribution in [2.45, 2.75) is 12.6 Å². The molecule has 1 heterocycles. The summed E-state index contributed by atoms with van der Waals surface area (Å²) in [6.45, 7) is -0.0281. The van der Waals surface area contributed by atoms with E-state index in [9.17, 15) is 22.4 Å². The second-order valence-electron chi connectivity index (χ2n) is 5.96. The number of nitrogens with zero attached hydrogens (tertiary/aromatic N) is 2. The molecule has 0 fully saturated rings. The van der Waals surface area contributed by atoms with E-state index in [0.717, 1.165) is 18.3 Å². The van der Waals surface area contributed by atoms with Gasteiger partial charge in [0.2, 0.25) is 0 Å². The Morgan fingerprint density at radius 2 is 1.83 bits per heavy atom. The van der Waals surface area contributed by atoms with Crippen LogP contribution < -0.4 is 5.73 Å². The van der Waals surface area contributed by atoms with E-state index in [1.165, 1.54) is 18.5 Å². The molecule has 162 valence electrons. The third-order valence-electron chi connectivity index (χ3n) is 3.77. The molecule has 7 nitrogen and oxygen atoms in total. The second kappa shape index (κ2) is 10.6. The van der Waals surface area contributed by atoms with Gasteiger partial charge in [-0.05, 0) is 23.3 Å². The van der Waals surface area contributed by atoms with Crippen molar-refractivity contribution in [3.05, 3.63) is 65.1 Å². The lowest BCUT2D eigenvalue weighted by molar-refractivity contribution is -0.140. The number of benzene rings is 1. The van der Waals surface area contributed by atoms with Crippen molar-refractivity contribution in [1.82, 2.24) is 9.97 Å². The molecule has 0 radical (unpaired) electrons. The van der Waals surface area contributed by atoms with E-state index in [1.807, 2.05) is 0 Å². The van der Waals surface area contributed by atoms with E-state index < -0.39 is 23.5 Å². The molecule has 2 aromatic rings. The molecule has 1 aromatic carbocycles. The van der Waals surface area contributed by atoms with Crippen LogP contribution in [0.5, 0.6) is 0 Å². The number of carbonyl (C=O) groups excluding carboxylic acids is 1. The van der Waals surface area contributed by atoms with Crippen LogP contribution in [0.2, 0.25) is 0 Å². The van der Waals surface area contributed by atoms with Gasteiger partial charge in [0, 0.05) is 25.0 Å². The van der Waals surface area contributed by atoms with Gasteiger partial charge in [-0.25, -0.2) is 19.2 Å². The van der Waals surface area contributed by atoms with Gasteiger partial charge in [-0.3, -0.25) is 0 Å². The lowest BCUT2D eigenvalue weighted by atomic mass is 10.0. The molecule has 0 saturated heterocycles. The molecule has 0 unspecified atom stereocenters. The number of halogens is 4. The van der Waals surface area contributed by atoms with Crippen LogP contribution >= 0.6 is 0 Å². The van der Waals surface area contributed by atoms with Gasteiger partial charge in [-0.1, -0.05) is 6.07 Å². The van der Waals surface area contributed by atoms with Gasteiger partial charge < -0.3 is 20.3 Å². The Morgan fingerprint density at radius 1 is 1.13 bits per heavy atom. The number of ether oxygens (including phenoxy) is 2. The number of hydrogen-bond acceptors (Lipinski definition) is 7. The summed E-state index contributed by atoms with van der Waals surface area (Å²) in [6, 6.07) is 2.72. The number of carbonyl (C=O) groups is 1. The molecular weight excluding hydrogens is 410 g/mol. The molecule has 0 atom stereocenters. The van der Waals surface area contributed by atoms with Gasteiger partial charge >= 0.3 is 12.1 Å². The molecule has 0 bridgehead atoms. The maximum absolute atomic E-state index is 13.4. The molecule has 0 spiro atoms. The first-order chi connectivity index (χ1) is 14.3. The number of rotatable bonds is 9. The summed E-state index contributed by atoms with van der Waals surface area (Å²) in [7, 11) is 0. The first-order valence-electron chi connectivity index (χ1n) is 8.70. The summed E-state index contributed by atoms with van der Waals surface area (Å²) in [5.41, 5.74) is 4.65. The van der Waals surface area contributed by atoms with Gasteiger partial charge in [0.15, 0.2) is 5.82 Å². The molecular formula is C19H19F4N3O4. The zero-order valence-electron chi connectivity index (χ0n) is 15.7. The third-order valence-corrected chi connectivity index (χ3v) is 3.77. The fourth-order valence-electron chi connectivity index (χ4n) is 2.39. The van der Waals surface area contributed by atoms with Gasteiger partial charge in [0.25, 0.3) is 0 Å². The number of esters is 1. The molecule has 2 rings (SSSR count). The smallest absolute Gasteiger partial charge is 0.419 e. The van der Waals surface area contributed by atoms with E-state index in [-0.39, 0.29) is 49.8 Å². The third kappa shape index (κ3) is 6.49. The van der Waals surface area contributed by atoms with Crippen molar-refractivity contribution in [1.29, 1.82) is 0 Å². The number of hydrogen-bond donors (Lipinski definition) is 2. The number of alkyl halides is 3. The fraction of sp³-hybridized carbons (Fsp3) is 0.316. The van der Waals surface area contributed by atoms with Crippen molar-refractivity contribution < 1.29 is 36.9 Å². The van der Waals surface area contributed by atoms with Crippen molar-refractivity contribution >= 4 is 11.5 Å². The Balaban J connectivity index is 2.04. The average Bonchev–Trinajstić information content (AvgIpc) is 2.70. The lowest BCUT2D eigenvalue weighted by Crippen LogP contribution is -2.15. The van der Waals surface area contributed by atoms with Gasteiger partial charge in [0.05, 0.1) is 25.4 Å². The van der Waals surface area contributed by atoms with E-state index in [4.69, 9.17) is 20.3 Å². The Hall–Kier alpha value is -3.05. The Bertz CT molecular complexity index is 886. The van der Waals surface area contributed by atoms with Crippen molar-refractivity contribution in [3.63, 3.8) is 0 Å². The zero-order chi connectivity index (χ0) is 22.1. The number of aromatic nitrogens is 2. The first kappa shape index (κ1) is 23.2. The van der Waals surface area contributed by atoms with E-state index in [0.29, 0.717) is 5.56 Å². The maximum atomic E-state index is 13.4. The SMILES string of the molecule is N/C=C(/C(=O)OCCOCCO)c1ncc(Cc2ccc(F)c(C(F)(F)F)c2)cn1. The monoisotopic (exact) mass is 429 g/mol. The molecule has 11 heteroatoms. The van der Waals surface area contributed by atoms with Gasteiger partial charge in [-0.15, -0.1) is 0 Å². The molecule has 0 aliphatic carbocycles. The molecule has 0 saturated carbocycles. The highest BCUT2D eigenvalue weighted by Crippen LogP contribution is 2.32. The summed E-state index contributed by atoms with van der Waals surface area (Å²) < 4.78 is 61.8. The highest BCUT2D eigenvalue weighted by Gasteiger charge is 2.34. The fourth-order valence-corrected chi connectivity index (χ4v) is 2.39. The Morgan fingerprint density at radius 3 is 2.43 bits per heavy atom. The maximum Gasteiger partial charge on any atom is 0.419 e. The minimum atomic E-state index is -4.80. The number of aliphatic hydroxyl groups excluding tert-OH is 1. The Labute approximate surface area is 169 Å². The summed E-state index contributed by atoms with van der Waals surface area (Å²) in [5.74, 6) is -2.17. The normalized spacial score (nSPS) is 12.1. The average molecular weight is 429 g/mol. The standard InChI is InChI=1S/C19H19F4N3O4/c20-16-2-1-12(8-15(16)19(21,22)23)7-13-10-25-17(26-11-13)14(9-24)18(28)30-6-5-29-4-3-27/h1-2,8-11,27H,3-7,24H2/b14-9+.